The van der Waals surface area contributed by atoms with Gasteiger partial charge in [-0.25, -0.2) is 15.0 Å². The third kappa shape index (κ3) is 5.63. The van der Waals surface area contributed by atoms with Crippen LogP contribution < -0.4 is 9.47 Å². The molecule has 4 heterocycles. The Kier molecular flexibility index (Phi) is 7.33. The van der Waals surface area contributed by atoms with Gasteiger partial charge in [-0.15, -0.1) is 0 Å². The average Bonchev–Trinajstić information content (AvgIpc) is 3.20. The Hall–Kier alpha value is -6.99. The van der Waals surface area contributed by atoms with Crippen LogP contribution in [0.25, 0.3) is 67.5 Å². The summed E-state index contributed by atoms with van der Waals surface area (Å²) in [5.74, 6) is 4.07. The molecule has 0 spiro atoms. The summed E-state index contributed by atoms with van der Waals surface area (Å²) >= 11 is 0. The van der Waals surface area contributed by atoms with E-state index in [0.717, 1.165) is 50.1 Å². The molecule has 9 rings (SSSR count). The van der Waals surface area contributed by atoms with Crippen LogP contribution in [0.3, 0.4) is 0 Å². The molecule has 5 aromatic carbocycles. The van der Waals surface area contributed by atoms with E-state index in [0.29, 0.717) is 40.5 Å². The first-order valence-electron chi connectivity index (χ1n) is 16.2. The van der Waals surface area contributed by atoms with E-state index in [1.165, 1.54) is 0 Å². The Morgan fingerprint density at radius 3 is 1.30 bits per heavy atom. The first kappa shape index (κ1) is 29.2. The highest BCUT2D eigenvalue weighted by atomic mass is 16.6. The summed E-state index contributed by atoms with van der Waals surface area (Å²) in [7, 11) is 0. The van der Waals surface area contributed by atoms with Crippen molar-refractivity contribution < 1.29 is 9.47 Å². The molecule has 236 valence electrons. The van der Waals surface area contributed by atoms with Crippen molar-refractivity contribution in [1.82, 2.24) is 24.9 Å². The van der Waals surface area contributed by atoms with E-state index >= 15 is 0 Å². The van der Waals surface area contributed by atoms with Crippen LogP contribution in [0.15, 0.2) is 164 Å². The molecule has 1 aliphatic heterocycles. The molecule has 50 heavy (non-hydrogen) atoms. The molecule has 7 nitrogen and oxygen atoms in total. The second kappa shape index (κ2) is 12.6. The quantitative estimate of drug-likeness (QED) is 0.178. The number of fused-ring (bicyclic) bond motifs is 2. The summed E-state index contributed by atoms with van der Waals surface area (Å²) < 4.78 is 13.0. The third-order valence-electron chi connectivity index (χ3n) is 8.59. The lowest BCUT2D eigenvalue weighted by atomic mass is 9.95. The van der Waals surface area contributed by atoms with Crippen LogP contribution in [0, 0.1) is 0 Å². The molecule has 0 saturated carbocycles. The van der Waals surface area contributed by atoms with Gasteiger partial charge in [0.1, 0.15) is 0 Å². The summed E-state index contributed by atoms with van der Waals surface area (Å²) in [5, 5.41) is 0. The van der Waals surface area contributed by atoms with E-state index in [1.54, 1.807) is 12.4 Å². The number of hydrogen-bond acceptors (Lipinski definition) is 7. The van der Waals surface area contributed by atoms with E-state index in [4.69, 9.17) is 24.4 Å². The van der Waals surface area contributed by atoms with E-state index in [2.05, 4.69) is 46.4 Å². The maximum Gasteiger partial charge on any atom is 0.170 e. The fraction of sp³-hybridized carbons (Fsp3) is 0. The summed E-state index contributed by atoms with van der Waals surface area (Å²) in [6.07, 6.45) is 7.21. The molecule has 0 saturated heterocycles. The highest BCUT2D eigenvalue weighted by molar-refractivity contribution is 5.86. The van der Waals surface area contributed by atoms with Gasteiger partial charge in [-0.3, -0.25) is 9.97 Å². The standard InChI is InChI=1S/C43H27N5O2/c1-3-9-28(10-4-1)29-15-17-31(18-16-29)42-46-41(30-11-5-2-6-12-30)47-43(48-42)32-19-20-37-38(23-32)50-40-25-36(34-14-8-22-45-27-34)35(24-39(40)49-37)33-13-7-21-44-26-33/h1-27H. The van der Waals surface area contributed by atoms with Gasteiger partial charge in [0.05, 0.1) is 0 Å². The summed E-state index contributed by atoms with van der Waals surface area (Å²) in [5.41, 5.74) is 8.70. The van der Waals surface area contributed by atoms with E-state index in [9.17, 15) is 0 Å². The predicted molar refractivity (Wildman–Crippen MR) is 195 cm³/mol. The smallest absolute Gasteiger partial charge is 0.170 e. The molecule has 0 radical (unpaired) electrons. The number of rotatable bonds is 6. The van der Waals surface area contributed by atoms with Gasteiger partial charge in [0.15, 0.2) is 40.5 Å². The van der Waals surface area contributed by atoms with Crippen molar-refractivity contribution in [3.63, 3.8) is 0 Å². The van der Waals surface area contributed by atoms with E-state index in [1.807, 2.05) is 116 Å². The molecular formula is C43H27N5O2. The van der Waals surface area contributed by atoms with Gasteiger partial charge >= 0.3 is 0 Å². The van der Waals surface area contributed by atoms with Gasteiger partial charge in [0.2, 0.25) is 0 Å². The highest BCUT2D eigenvalue weighted by Crippen LogP contribution is 2.50. The first-order valence-corrected chi connectivity index (χ1v) is 16.2. The Bertz CT molecular complexity index is 2460. The normalized spacial score (nSPS) is 11.5. The number of ether oxygens (including phenoxy) is 2. The van der Waals surface area contributed by atoms with Crippen LogP contribution in [0.2, 0.25) is 0 Å². The highest BCUT2D eigenvalue weighted by Gasteiger charge is 2.24. The largest absolute Gasteiger partial charge is 0.449 e. The van der Waals surface area contributed by atoms with Crippen molar-refractivity contribution in [1.29, 1.82) is 0 Å². The second-order valence-corrected chi connectivity index (χ2v) is 11.8. The van der Waals surface area contributed by atoms with Crippen molar-refractivity contribution in [3.05, 3.63) is 164 Å². The summed E-state index contributed by atoms with van der Waals surface area (Å²) in [6.45, 7) is 0. The van der Waals surface area contributed by atoms with Crippen LogP contribution in [-0.2, 0) is 0 Å². The molecule has 0 atom stereocenters. The lowest BCUT2D eigenvalue weighted by Crippen LogP contribution is -2.03. The van der Waals surface area contributed by atoms with Gasteiger partial charge in [0, 0.05) is 52.6 Å². The number of aromatic nitrogens is 5. The average molecular weight is 646 g/mol. The zero-order valence-electron chi connectivity index (χ0n) is 26.6. The number of nitrogens with zero attached hydrogens (tertiary/aromatic N) is 5. The Morgan fingerprint density at radius 2 is 0.740 bits per heavy atom. The zero-order chi connectivity index (χ0) is 33.3. The first-order chi connectivity index (χ1) is 24.7. The molecule has 8 aromatic rings. The Balaban J connectivity index is 1.11. The summed E-state index contributed by atoms with van der Waals surface area (Å²) in [4.78, 5) is 23.5. The van der Waals surface area contributed by atoms with Crippen LogP contribution in [0.5, 0.6) is 23.0 Å². The van der Waals surface area contributed by atoms with Gasteiger partial charge in [-0.05, 0) is 64.7 Å². The monoisotopic (exact) mass is 645 g/mol. The van der Waals surface area contributed by atoms with Crippen molar-refractivity contribution >= 4 is 0 Å². The summed E-state index contributed by atoms with van der Waals surface area (Å²) in [6, 6.07) is 46.2. The van der Waals surface area contributed by atoms with Crippen molar-refractivity contribution in [2.75, 3.05) is 0 Å². The van der Waals surface area contributed by atoms with Gasteiger partial charge in [-0.2, -0.15) is 0 Å². The number of hydrogen-bond donors (Lipinski definition) is 0. The fourth-order valence-electron chi connectivity index (χ4n) is 6.08. The minimum Gasteiger partial charge on any atom is -0.449 e. The Labute approximate surface area is 288 Å². The van der Waals surface area contributed by atoms with Crippen molar-refractivity contribution in [2.24, 2.45) is 0 Å². The molecule has 0 unspecified atom stereocenters. The molecule has 7 heteroatoms. The fourth-order valence-corrected chi connectivity index (χ4v) is 6.08. The Morgan fingerprint density at radius 1 is 0.320 bits per heavy atom. The van der Waals surface area contributed by atoms with Gasteiger partial charge in [-0.1, -0.05) is 97.1 Å². The molecule has 1 aliphatic rings. The van der Waals surface area contributed by atoms with E-state index in [-0.39, 0.29) is 0 Å². The number of pyridine rings is 2. The lowest BCUT2D eigenvalue weighted by Gasteiger charge is -2.23. The molecule has 0 bridgehead atoms. The molecular weight excluding hydrogens is 619 g/mol. The maximum atomic E-state index is 6.55. The second-order valence-electron chi connectivity index (χ2n) is 11.8. The van der Waals surface area contributed by atoms with E-state index < -0.39 is 0 Å². The van der Waals surface area contributed by atoms with Crippen LogP contribution in [0.1, 0.15) is 0 Å². The molecule has 0 amide bonds. The number of benzene rings is 5. The molecule has 0 N–H and O–H groups in total. The van der Waals surface area contributed by atoms with Gasteiger partial charge in [0.25, 0.3) is 0 Å². The topological polar surface area (TPSA) is 82.9 Å². The SMILES string of the molecule is c1ccc(-c2ccc(-c3nc(-c4ccccc4)nc(-c4ccc5c(c4)Oc4cc(-c6cccnc6)c(-c6cccnc6)cc4O5)n3)cc2)cc1. The maximum absolute atomic E-state index is 6.55. The minimum absolute atomic E-state index is 0.529. The third-order valence-corrected chi connectivity index (χ3v) is 8.59. The lowest BCUT2D eigenvalue weighted by molar-refractivity contribution is 0.360. The van der Waals surface area contributed by atoms with Crippen LogP contribution in [-0.4, -0.2) is 24.9 Å². The van der Waals surface area contributed by atoms with Crippen LogP contribution >= 0.6 is 0 Å². The van der Waals surface area contributed by atoms with Gasteiger partial charge < -0.3 is 9.47 Å². The predicted octanol–water partition coefficient (Wildman–Crippen LogP) is 10.6. The van der Waals surface area contributed by atoms with Crippen molar-refractivity contribution in [2.45, 2.75) is 0 Å². The molecule has 0 aliphatic carbocycles. The van der Waals surface area contributed by atoms with Crippen molar-refractivity contribution in [3.8, 4) is 90.5 Å². The zero-order valence-corrected chi connectivity index (χ0v) is 26.6. The van der Waals surface area contributed by atoms with Crippen LogP contribution in [0.4, 0.5) is 0 Å². The molecule has 3 aromatic heterocycles. The minimum atomic E-state index is 0.529. The molecule has 0 fully saturated rings.